The van der Waals surface area contributed by atoms with Gasteiger partial charge in [-0.25, -0.2) is 0 Å². The van der Waals surface area contributed by atoms with Gasteiger partial charge in [-0.05, 0) is 139 Å². The molecule has 75 heavy (non-hydrogen) atoms. The minimum absolute atomic E-state index is 0.0780. The van der Waals surface area contributed by atoms with Crippen LogP contribution >= 0.6 is 45.2 Å². The number of unbranched alkanes of at least 4 members (excludes halogenated alkanes) is 35. The molecule has 0 fully saturated rings. The summed E-state index contributed by atoms with van der Waals surface area (Å²) in [5.41, 5.74) is 5.37. The molecule has 0 unspecified atom stereocenters. The van der Waals surface area contributed by atoms with Gasteiger partial charge in [0, 0.05) is 31.5 Å². The van der Waals surface area contributed by atoms with E-state index in [1.54, 1.807) is 11.1 Å². The standard InChI is InChI=1S/C68H104I2N4O/c1-5-7-9-11-13-15-17-19-21-23-27-31-35-39-43-59-53-66(70)60(54-65(59)69)44-40-36-32-28-24-26-30-34-38-42-52-74(51-41-37-33-29-25-22-20-18-16-14-12-10-8-6-2)62-48-45-58(46-49-62)47-50-64-63(57-73)67(61(55-71)56-72)75-68(64,3)4/h45-50,53-54H,5-44,51-52H2,1-4H3/b50-47+. The number of hydrogen-bond acceptors (Lipinski definition) is 5. The van der Waals surface area contributed by atoms with Crippen molar-refractivity contribution < 1.29 is 4.74 Å². The van der Waals surface area contributed by atoms with E-state index < -0.39 is 5.60 Å². The van der Waals surface area contributed by atoms with Gasteiger partial charge in [0.2, 0.25) is 0 Å². The van der Waals surface area contributed by atoms with Crippen LogP contribution in [0.15, 0.2) is 65.0 Å². The molecule has 0 spiro atoms. The van der Waals surface area contributed by atoms with Gasteiger partial charge in [0.1, 0.15) is 29.4 Å². The van der Waals surface area contributed by atoms with Crippen LogP contribution in [0.25, 0.3) is 6.08 Å². The number of nitrogens with zero attached hydrogens (tertiary/aromatic N) is 4. The van der Waals surface area contributed by atoms with Gasteiger partial charge in [-0.3, -0.25) is 0 Å². The van der Waals surface area contributed by atoms with Crippen LogP contribution in [0, 0.1) is 41.1 Å². The van der Waals surface area contributed by atoms with Crippen molar-refractivity contribution in [1.29, 1.82) is 15.8 Å². The third-order valence-corrected chi connectivity index (χ3v) is 17.7. The van der Waals surface area contributed by atoms with E-state index in [1.807, 2.05) is 38.1 Å². The van der Waals surface area contributed by atoms with Gasteiger partial charge in [-0.1, -0.05) is 256 Å². The van der Waals surface area contributed by atoms with Gasteiger partial charge in [-0.15, -0.1) is 0 Å². The van der Waals surface area contributed by atoms with Gasteiger partial charge in [-0.2, -0.15) is 15.8 Å². The highest BCUT2D eigenvalue weighted by atomic mass is 127. The molecule has 0 atom stereocenters. The lowest BCUT2D eigenvalue weighted by Crippen LogP contribution is -2.25. The predicted octanol–water partition coefficient (Wildman–Crippen LogP) is 22.3. The molecule has 0 amide bonds. The number of rotatable bonds is 46. The molecule has 0 N–H and O–H groups in total. The molecule has 416 valence electrons. The summed E-state index contributed by atoms with van der Waals surface area (Å²) in [5.74, 6) is 0.0780. The maximum atomic E-state index is 9.97. The van der Waals surface area contributed by atoms with Crippen molar-refractivity contribution in [3.05, 3.63) is 88.8 Å². The Labute approximate surface area is 488 Å². The Morgan fingerprint density at radius 1 is 0.480 bits per heavy atom. The molecule has 5 nitrogen and oxygen atoms in total. The summed E-state index contributed by atoms with van der Waals surface area (Å²) in [5, 5.41) is 28.9. The molecule has 3 rings (SSSR count). The van der Waals surface area contributed by atoms with Crippen molar-refractivity contribution in [3.63, 3.8) is 0 Å². The third kappa shape index (κ3) is 29.1. The number of anilines is 1. The van der Waals surface area contributed by atoms with Gasteiger partial charge >= 0.3 is 0 Å². The van der Waals surface area contributed by atoms with Crippen LogP contribution < -0.4 is 4.90 Å². The van der Waals surface area contributed by atoms with Crippen molar-refractivity contribution in [3.8, 4) is 18.2 Å². The number of ether oxygens (including phenoxy) is 1. The Morgan fingerprint density at radius 3 is 1.15 bits per heavy atom. The van der Waals surface area contributed by atoms with Crippen LogP contribution in [0.4, 0.5) is 5.69 Å². The molecule has 2 aromatic carbocycles. The van der Waals surface area contributed by atoms with Gasteiger partial charge < -0.3 is 9.64 Å². The van der Waals surface area contributed by atoms with Crippen LogP contribution in [-0.2, 0) is 17.6 Å². The van der Waals surface area contributed by atoms with Crippen LogP contribution in [0.5, 0.6) is 0 Å². The molecule has 0 bridgehead atoms. The van der Waals surface area contributed by atoms with E-state index in [1.165, 1.54) is 270 Å². The largest absolute Gasteiger partial charge is 0.480 e. The Balaban J connectivity index is 1.34. The second kappa shape index (κ2) is 43.1. The number of allylic oxidation sites excluding steroid dienone is 2. The van der Waals surface area contributed by atoms with Crippen molar-refractivity contribution >= 4 is 56.9 Å². The summed E-state index contributed by atoms with van der Waals surface area (Å²) in [7, 11) is 0. The lowest BCUT2D eigenvalue weighted by molar-refractivity contribution is 0.0954. The monoisotopic (exact) mass is 1250 g/mol. The summed E-state index contributed by atoms with van der Waals surface area (Å²) >= 11 is 5.20. The quantitative estimate of drug-likeness (QED) is 0.0375. The fraction of sp³-hybridized carbons (Fsp3) is 0.691. The minimum Gasteiger partial charge on any atom is -0.480 e. The maximum Gasteiger partial charge on any atom is 0.172 e. The maximum absolute atomic E-state index is 9.97. The highest BCUT2D eigenvalue weighted by Crippen LogP contribution is 2.40. The van der Waals surface area contributed by atoms with Gasteiger partial charge in [0.25, 0.3) is 0 Å². The molecule has 2 aromatic rings. The first-order valence-corrected chi connectivity index (χ1v) is 33.2. The van der Waals surface area contributed by atoms with E-state index in [9.17, 15) is 15.8 Å². The van der Waals surface area contributed by atoms with E-state index >= 15 is 0 Å². The minimum atomic E-state index is -0.822. The molecule has 0 aliphatic carbocycles. The molecular formula is C68H104I2N4O. The number of hydrogen-bond donors (Lipinski definition) is 0. The summed E-state index contributed by atoms with van der Waals surface area (Å²) in [6.07, 6.45) is 58.8. The lowest BCUT2D eigenvalue weighted by Gasteiger charge is -2.25. The molecule has 1 aliphatic heterocycles. The van der Waals surface area contributed by atoms with E-state index in [2.05, 4.69) is 106 Å². The van der Waals surface area contributed by atoms with E-state index in [0.29, 0.717) is 5.57 Å². The number of halogens is 2. The SMILES string of the molecule is CCCCCCCCCCCCCCCCc1cc(I)c(CCCCCCCCCCCCN(CCCCCCCCCCCCCCCC)c2ccc(/C=C/C3=C(C#N)C(=C(C#N)C#N)OC3(C)C)cc2)cc1I. The first kappa shape index (κ1) is 66.5. The molecule has 0 aromatic heterocycles. The number of benzene rings is 2. The zero-order valence-electron chi connectivity index (χ0n) is 48.3. The normalized spacial score (nSPS) is 13.1. The second-order valence-electron chi connectivity index (χ2n) is 22.6. The Hall–Kier alpha value is -2.81. The highest BCUT2D eigenvalue weighted by molar-refractivity contribution is 14.1. The average Bonchev–Trinajstić information content (AvgIpc) is 3.67. The topological polar surface area (TPSA) is 83.8 Å². The number of nitriles is 3. The Morgan fingerprint density at radius 2 is 0.813 bits per heavy atom. The first-order chi connectivity index (χ1) is 36.7. The summed E-state index contributed by atoms with van der Waals surface area (Å²) in [4.78, 5) is 2.61. The fourth-order valence-electron chi connectivity index (χ4n) is 10.9. The van der Waals surface area contributed by atoms with Crippen molar-refractivity contribution in [2.24, 2.45) is 0 Å². The molecule has 1 heterocycles. The molecular weight excluding hydrogens is 1140 g/mol. The molecule has 0 saturated carbocycles. The van der Waals surface area contributed by atoms with Gasteiger partial charge in [0.15, 0.2) is 11.3 Å². The molecule has 7 heteroatoms. The fourth-order valence-corrected chi connectivity index (χ4v) is 12.5. The summed E-state index contributed by atoms with van der Waals surface area (Å²) < 4.78 is 8.93. The zero-order valence-corrected chi connectivity index (χ0v) is 52.6. The van der Waals surface area contributed by atoms with Crippen LogP contribution in [0.1, 0.15) is 288 Å². The summed E-state index contributed by atoms with van der Waals surface area (Å²) in [6.45, 7) is 10.5. The Bertz CT molecular complexity index is 2030. The van der Waals surface area contributed by atoms with Gasteiger partial charge in [0.05, 0.1) is 0 Å². The van der Waals surface area contributed by atoms with Crippen molar-refractivity contribution in [1.82, 2.24) is 0 Å². The summed E-state index contributed by atoms with van der Waals surface area (Å²) in [6, 6.07) is 19.8. The average molecular weight is 1250 g/mol. The van der Waals surface area contributed by atoms with Crippen LogP contribution in [0.2, 0.25) is 0 Å². The van der Waals surface area contributed by atoms with Crippen molar-refractivity contribution in [2.75, 3.05) is 18.0 Å². The first-order valence-electron chi connectivity index (χ1n) is 31.1. The van der Waals surface area contributed by atoms with Crippen molar-refractivity contribution in [2.45, 2.75) is 290 Å². The van der Waals surface area contributed by atoms with Crippen LogP contribution in [-0.4, -0.2) is 18.7 Å². The number of aryl methyl sites for hydroxylation is 2. The van der Waals surface area contributed by atoms with E-state index in [0.717, 1.165) is 18.7 Å². The Kier molecular flexibility index (Phi) is 38.2. The molecule has 0 radical (unpaired) electrons. The second-order valence-corrected chi connectivity index (χ2v) is 24.9. The lowest BCUT2D eigenvalue weighted by atomic mass is 9.94. The zero-order chi connectivity index (χ0) is 54.0. The third-order valence-electron chi connectivity index (χ3n) is 15.7. The predicted molar refractivity (Wildman–Crippen MR) is 340 cm³/mol. The van der Waals surface area contributed by atoms with E-state index in [4.69, 9.17) is 4.74 Å². The van der Waals surface area contributed by atoms with Crippen LogP contribution in [0.3, 0.4) is 0 Å². The van der Waals surface area contributed by atoms with E-state index in [-0.39, 0.29) is 16.9 Å². The highest BCUT2D eigenvalue weighted by Gasteiger charge is 2.38. The molecule has 0 saturated heterocycles. The smallest absolute Gasteiger partial charge is 0.172 e. The molecule has 1 aliphatic rings.